The van der Waals surface area contributed by atoms with Crippen LogP contribution in [0.1, 0.15) is 5.56 Å². The minimum atomic E-state index is -0.646. The standard InChI is InChI=1S/C19H14N4O3S/c24-14(11-12-7-3-1-4-8-12)20-18-21-15(13-9-5-2-6-10-13)16(27-18)17-22-23-19(25)26-17/h1-10H,11H2,(H,23,25)(H,20,21,24). The predicted octanol–water partition coefficient (Wildman–Crippen LogP) is 3.33. The summed E-state index contributed by atoms with van der Waals surface area (Å²) in [7, 11) is 0. The minimum absolute atomic E-state index is 0.139. The highest BCUT2D eigenvalue weighted by Gasteiger charge is 2.20. The summed E-state index contributed by atoms with van der Waals surface area (Å²) in [5.74, 6) is -0.684. The zero-order valence-corrected chi connectivity index (χ0v) is 14.8. The number of benzene rings is 2. The summed E-state index contributed by atoms with van der Waals surface area (Å²) in [6.45, 7) is 0. The molecule has 4 aromatic rings. The number of carbonyl (C=O) groups is 1. The van der Waals surface area contributed by atoms with E-state index < -0.39 is 5.76 Å². The van der Waals surface area contributed by atoms with Gasteiger partial charge >= 0.3 is 5.76 Å². The van der Waals surface area contributed by atoms with Crippen LogP contribution < -0.4 is 11.1 Å². The number of hydrogen-bond acceptors (Lipinski definition) is 6. The smallest absolute Gasteiger partial charge is 0.387 e. The molecule has 1 amide bonds. The highest BCUT2D eigenvalue weighted by molar-refractivity contribution is 7.19. The lowest BCUT2D eigenvalue weighted by Crippen LogP contribution is -2.14. The van der Waals surface area contributed by atoms with Gasteiger partial charge in [-0.05, 0) is 5.56 Å². The number of nitrogens with zero attached hydrogens (tertiary/aromatic N) is 2. The van der Waals surface area contributed by atoms with Gasteiger partial charge in [-0.3, -0.25) is 4.79 Å². The first kappa shape index (κ1) is 16.9. The van der Waals surface area contributed by atoms with Crippen LogP contribution in [0.15, 0.2) is 69.9 Å². The minimum Gasteiger partial charge on any atom is -0.387 e. The van der Waals surface area contributed by atoms with Crippen molar-refractivity contribution < 1.29 is 9.21 Å². The third-order valence-corrected chi connectivity index (χ3v) is 4.72. The molecule has 0 aliphatic heterocycles. The lowest BCUT2D eigenvalue weighted by atomic mass is 10.1. The molecule has 0 saturated carbocycles. The third kappa shape index (κ3) is 3.85. The number of hydrogen-bond donors (Lipinski definition) is 2. The molecule has 0 atom stereocenters. The first-order valence-electron chi connectivity index (χ1n) is 8.15. The van der Waals surface area contributed by atoms with E-state index in [0.29, 0.717) is 15.7 Å². The van der Waals surface area contributed by atoms with Crippen LogP contribution in [0.25, 0.3) is 22.0 Å². The zero-order chi connectivity index (χ0) is 18.6. The molecule has 2 aromatic heterocycles. The van der Waals surface area contributed by atoms with Crippen LogP contribution in [0.5, 0.6) is 0 Å². The Hall–Kier alpha value is -3.52. The number of aromatic nitrogens is 3. The Morgan fingerprint density at radius 3 is 2.44 bits per heavy atom. The maximum atomic E-state index is 12.3. The molecule has 7 nitrogen and oxygen atoms in total. The number of nitrogens with one attached hydrogen (secondary N) is 2. The molecule has 2 aromatic carbocycles. The topological polar surface area (TPSA) is 101 Å². The van der Waals surface area contributed by atoms with Crippen molar-refractivity contribution in [3.05, 3.63) is 76.8 Å². The molecule has 0 spiro atoms. The van der Waals surface area contributed by atoms with Crippen molar-refractivity contribution in [3.63, 3.8) is 0 Å². The van der Waals surface area contributed by atoms with E-state index in [0.717, 1.165) is 11.1 Å². The number of carbonyl (C=O) groups excluding carboxylic acids is 1. The van der Waals surface area contributed by atoms with Gasteiger partial charge in [0, 0.05) is 5.56 Å². The molecule has 0 bridgehead atoms. The Kier molecular flexibility index (Phi) is 4.63. The van der Waals surface area contributed by atoms with Crippen LogP contribution in [0.3, 0.4) is 0 Å². The largest absolute Gasteiger partial charge is 0.434 e. The van der Waals surface area contributed by atoms with Crippen molar-refractivity contribution in [1.29, 1.82) is 0 Å². The summed E-state index contributed by atoms with van der Waals surface area (Å²) >= 11 is 1.20. The number of anilines is 1. The average molecular weight is 378 g/mol. The van der Waals surface area contributed by atoms with E-state index in [-0.39, 0.29) is 18.2 Å². The summed E-state index contributed by atoms with van der Waals surface area (Å²) in [6.07, 6.45) is 0.244. The summed E-state index contributed by atoms with van der Waals surface area (Å²) in [5, 5.41) is 9.35. The Balaban J connectivity index is 1.65. The molecular weight excluding hydrogens is 364 g/mol. The summed E-state index contributed by atoms with van der Waals surface area (Å²) in [5.41, 5.74) is 2.33. The van der Waals surface area contributed by atoms with Gasteiger partial charge in [0.1, 0.15) is 4.88 Å². The van der Waals surface area contributed by atoms with Gasteiger partial charge in [-0.15, -0.1) is 5.10 Å². The van der Waals surface area contributed by atoms with E-state index in [1.54, 1.807) is 0 Å². The monoisotopic (exact) mass is 378 g/mol. The fraction of sp³-hybridized carbons (Fsp3) is 0.0526. The fourth-order valence-electron chi connectivity index (χ4n) is 2.58. The average Bonchev–Trinajstić information content (AvgIpc) is 3.29. The van der Waals surface area contributed by atoms with Crippen molar-refractivity contribution in [2.75, 3.05) is 5.32 Å². The van der Waals surface area contributed by atoms with Gasteiger partial charge < -0.3 is 9.73 Å². The molecule has 2 N–H and O–H groups in total. The van der Waals surface area contributed by atoms with Crippen LogP contribution in [-0.2, 0) is 11.2 Å². The number of H-pyrrole nitrogens is 1. The quantitative estimate of drug-likeness (QED) is 0.555. The van der Waals surface area contributed by atoms with Crippen molar-refractivity contribution in [1.82, 2.24) is 15.2 Å². The van der Waals surface area contributed by atoms with E-state index in [2.05, 4.69) is 20.5 Å². The molecule has 0 radical (unpaired) electrons. The Morgan fingerprint density at radius 2 is 1.78 bits per heavy atom. The first-order chi connectivity index (χ1) is 13.2. The molecule has 0 aliphatic rings. The Labute approximate surface area is 157 Å². The summed E-state index contributed by atoms with van der Waals surface area (Å²) < 4.78 is 5.08. The van der Waals surface area contributed by atoms with Gasteiger partial charge in [-0.1, -0.05) is 72.0 Å². The maximum Gasteiger partial charge on any atom is 0.434 e. The molecule has 0 unspecified atom stereocenters. The fourth-order valence-corrected chi connectivity index (χ4v) is 3.51. The van der Waals surface area contributed by atoms with Crippen LogP contribution in [0.2, 0.25) is 0 Å². The molecular formula is C19H14N4O3S. The maximum absolute atomic E-state index is 12.3. The third-order valence-electron chi connectivity index (χ3n) is 3.76. The van der Waals surface area contributed by atoms with E-state index in [1.165, 1.54) is 11.3 Å². The van der Waals surface area contributed by atoms with E-state index in [9.17, 15) is 9.59 Å². The van der Waals surface area contributed by atoms with Gasteiger partial charge in [0.05, 0.1) is 12.1 Å². The van der Waals surface area contributed by atoms with Crippen LogP contribution in [-0.4, -0.2) is 21.1 Å². The number of aromatic amines is 1. The lowest BCUT2D eigenvalue weighted by molar-refractivity contribution is -0.115. The normalized spacial score (nSPS) is 10.7. The zero-order valence-electron chi connectivity index (χ0n) is 14.0. The highest BCUT2D eigenvalue weighted by atomic mass is 32.1. The first-order valence-corrected chi connectivity index (χ1v) is 8.96. The Morgan fingerprint density at radius 1 is 1.07 bits per heavy atom. The number of thiazole rings is 1. The number of amides is 1. The van der Waals surface area contributed by atoms with Gasteiger partial charge in [0.15, 0.2) is 5.13 Å². The highest BCUT2D eigenvalue weighted by Crippen LogP contribution is 2.37. The second-order valence-corrected chi connectivity index (χ2v) is 6.69. The molecule has 8 heteroatoms. The van der Waals surface area contributed by atoms with Crippen LogP contribution in [0.4, 0.5) is 5.13 Å². The number of rotatable bonds is 5. The van der Waals surface area contributed by atoms with Gasteiger partial charge in [-0.25, -0.2) is 14.9 Å². The van der Waals surface area contributed by atoms with Crippen molar-refractivity contribution >= 4 is 22.4 Å². The Bertz CT molecular complexity index is 1120. The molecule has 27 heavy (non-hydrogen) atoms. The lowest BCUT2D eigenvalue weighted by Gasteiger charge is -2.01. The predicted molar refractivity (Wildman–Crippen MR) is 102 cm³/mol. The molecule has 0 fully saturated rings. The SMILES string of the molecule is O=C(Cc1ccccc1)Nc1nc(-c2ccccc2)c(-c2n[nH]c(=O)o2)s1. The van der Waals surface area contributed by atoms with Gasteiger partial charge in [-0.2, -0.15) is 0 Å². The van der Waals surface area contributed by atoms with E-state index in [1.807, 2.05) is 60.7 Å². The van der Waals surface area contributed by atoms with Crippen LogP contribution in [0, 0.1) is 0 Å². The molecule has 134 valence electrons. The van der Waals surface area contributed by atoms with Crippen molar-refractivity contribution in [2.45, 2.75) is 6.42 Å². The van der Waals surface area contributed by atoms with E-state index in [4.69, 9.17) is 4.42 Å². The summed E-state index contributed by atoms with van der Waals surface area (Å²) in [6, 6.07) is 18.9. The molecule has 4 rings (SSSR count). The van der Waals surface area contributed by atoms with Crippen LogP contribution >= 0.6 is 11.3 Å². The van der Waals surface area contributed by atoms with Crippen molar-refractivity contribution in [2.24, 2.45) is 0 Å². The van der Waals surface area contributed by atoms with Gasteiger partial charge in [0.25, 0.3) is 5.89 Å². The van der Waals surface area contributed by atoms with E-state index >= 15 is 0 Å². The van der Waals surface area contributed by atoms with Crippen molar-refractivity contribution in [3.8, 4) is 22.0 Å². The molecule has 0 aliphatic carbocycles. The second-order valence-electron chi connectivity index (χ2n) is 5.69. The molecule has 0 saturated heterocycles. The summed E-state index contributed by atoms with van der Waals surface area (Å²) in [4.78, 5) is 28.8. The second kappa shape index (κ2) is 7.38. The van der Waals surface area contributed by atoms with Gasteiger partial charge in [0.2, 0.25) is 5.91 Å². The molecule has 2 heterocycles.